The van der Waals surface area contributed by atoms with Gasteiger partial charge in [0.05, 0.1) is 19.3 Å². The van der Waals surface area contributed by atoms with E-state index in [1.54, 1.807) is 0 Å². The van der Waals surface area contributed by atoms with Crippen LogP contribution in [0.15, 0.2) is 29.3 Å². The lowest BCUT2D eigenvalue weighted by Crippen LogP contribution is -2.48. The number of aryl methyl sites for hydroxylation is 1. The second-order valence-electron chi connectivity index (χ2n) is 5.76. The number of ether oxygens (including phenoxy) is 1. The summed E-state index contributed by atoms with van der Waals surface area (Å²) in [6.07, 6.45) is 0.223. The number of nitrogens with zero attached hydrogens (tertiary/aromatic N) is 2. The molecule has 0 radical (unpaired) electrons. The summed E-state index contributed by atoms with van der Waals surface area (Å²) >= 11 is 0. The van der Waals surface area contributed by atoms with Gasteiger partial charge in [0, 0.05) is 26.2 Å². The number of hydrogen-bond acceptors (Lipinski definition) is 3. The van der Waals surface area contributed by atoms with Crippen molar-refractivity contribution in [1.82, 2.24) is 15.5 Å². The van der Waals surface area contributed by atoms with Gasteiger partial charge in [-0.3, -0.25) is 0 Å². The summed E-state index contributed by atoms with van der Waals surface area (Å²) in [4.78, 5) is 6.97. The minimum absolute atomic E-state index is 0.223. The molecule has 1 saturated heterocycles. The summed E-state index contributed by atoms with van der Waals surface area (Å²) in [5, 5.41) is 6.68. The lowest BCUT2D eigenvalue weighted by Gasteiger charge is -2.30. The first-order chi connectivity index (χ1) is 10.7. The van der Waals surface area contributed by atoms with Crippen molar-refractivity contribution in [3.63, 3.8) is 0 Å². The van der Waals surface area contributed by atoms with Gasteiger partial charge in [-0.25, -0.2) is 4.99 Å². The zero-order chi connectivity index (χ0) is 15.8. The smallest absolute Gasteiger partial charge is 0.191 e. The van der Waals surface area contributed by atoms with Crippen molar-refractivity contribution in [2.24, 2.45) is 4.99 Å². The average molecular weight is 304 g/mol. The van der Waals surface area contributed by atoms with Crippen molar-refractivity contribution in [3.8, 4) is 0 Å². The Balaban J connectivity index is 1.88. The van der Waals surface area contributed by atoms with Crippen LogP contribution in [0.1, 0.15) is 18.1 Å². The van der Waals surface area contributed by atoms with Gasteiger partial charge in [0.25, 0.3) is 0 Å². The zero-order valence-corrected chi connectivity index (χ0v) is 13.9. The van der Waals surface area contributed by atoms with Gasteiger partial charge >= 0.3 is 0 Å². The van der Waals surface area contributed by atoms with Crippen molar-refractivity contribution >= 4 is 5.96 Å². The van der Waals surface area contributed by atoms with E-state index in [0.29, 0.717) is 6.54 Å². The molecule has 1 unspecified atom stereocenters. The van der Waals surface area contributed by atoms with Crippen LogP contribution in [-0.2, 0) is 11.3 Å². The molecule has 1 aromatic rings. The number of rotatable bonds is 5. The van der Waals surface area contributed by atoms with E-state index in [1.165, 1.54) is 11.1 Å². The number of guanidine groups is 1. The van der Waals surface area contributed by atoms with Crippen LogP contribution in [0.3, 0.4) is 0 Å². The molecule has 1 heterocycles. The van der Waals surface area contributed by atoms with E-state index in [0.717, 1.165) is 38.7 Å². The second-order valence-corrected chi connectivity index (χ2v) is 5.76. The van der Waals surface area contributed by atoms with Gasteiger partial charge in [-0.05, 0) is 32.0 Å². The SMILES string of the molecule is CCNC(=NCc1ccccc1C)NCC1CN(C)CCO1. The fraction of sp³-hybridized carbons (Fsp3) is 0.588. The van der Waals surface area contributed by atoms with E-state index in [-0.39, 0.29) is 6.10 Å². The molecule has 5 nitrogen and oxygen atoms in total. The summed E-state index contributed by atoms with van der Waals surface area (Å²) in [6, 6.07) is 8.37. The summed E-state index contributed by atoms with van der Waals surface area (Å²) in [6.45, 7) is 9.30. The fourth-order valence-corrected chi connectivity index (χ4v) is 2.49. The zero-order valence-electron chi connectivity index (χ0n) is 13.9. The van der Waals surface area contributed by atoms with Gasteiger partial charge < -0.3 is 20.3 Å². The monoisotopic (exact) mass is 304 g/mol. The maximum Gasteiger partial charge on any atom is 0.191 e. The first-order valence-electron chi connectivity index (χ1n) is 8.06. The predicted molar refractivity (Wildman–Crippen MR) is 91.2 cm³/mol. The molecule has 0 aliphatic carbocycles. The van der Waals surface area contributed by atoms with Crippen molar-refractivity contribution < 1.29 is 4.74 Å². The number of aliphatic imine (C=N–C) groups is 1. The van der Waals surface area contributed by atoms with Gasteiger partial charge in [-0.15, -0.1) is 0 Å². The fourth-order valence-electron chi connectivity index (χ4n) is 2.49. The highest BCUT2D eigenvalue weighted by atomic mass is 16.5. The lowest BCUT2D eigenvalue weighted by molar-refractivity contribution is -0.0161. The highest BCUT2D eigenvalue weighted by molar-refractivity contribution is 5.79. The minimum Gasteiger partial charge on any atom is -0.374 e. The normalized spacial score (nSPS) is 20.0. The molecule has 1 aliphatic heterocycles. The van der Waals surface area contributed by atoms with Gasteiger partial charge in [0.2, 0.25) is 0 Å². The van der Waals surface area contributed by atoms with E-state index in [1.807, 2.05) is 0 Å². The first kappa shape index (κ1) is 16.8. The Morgan fingerprint density at radius 2 is 2.18 bits per heavy atom. The molecule has 0 bridgehead atoms. The molecule has 2 N–H and O–H groups in total. The average Bonchev–Trinajstić information content (AvgIpc) is 2.51. The van der Waals surface area contributed by atoms with Crippen molar-refractivity contribution in [3.05, 3.63) is 35.4 Å². The minimum atomic E-state index is 0.223. The third-order valence-corrected chi connectivity index (χ3v) is 3.85. The molecule has 1 aliphatic rings. The van der Waals surface area contributed by atoms with Crippen molar-refractivity contribution in [2.45, 2.75) is 26.5 Å². The van der Waals surface area contributed by atoms with E-state index in [4.69, 9.17) is 4.74 Å². The molecule has 1 fully saturated rings. The summed E-state index contributed by atoms with van der Waals surface area (Å²) < 4.78 is 5.77. The van der Waals surface area contributed by atoms with Crippen LogP contribution in [0.5, 0.6) is 0 Å². The number of nitrogens with one attached hydrogen (secondary N) is 2. The van der Waals surface area contributed by atoms with Crippen molar-refractivity contribution in [2.75, 3.05) is 39.8 Å². The molecule has 0 spiro atoms. The topological polar surface area (TPSA) is 48.9 Å². The molecule has 22 heavy (non-hydrogen) atoms. The number of hydrogen-bond donors (Lipinski definition) is 2. The Morgan fingerprint density at radius 3 is 2.91 bits per heavy atom. The van der Waals surface area contributed by atoms with Gasteiger partial charge in [-0.2, -0.15) is 0 Å². The molecule has 0 amide bonds. The van der Waals surface area contributed by atoms with E-state index in [9.17, 15) is 0 Å². The lowest BCUT2D eigenvalue weighted by atomic mass is 10.1. The summed E-state index contributed by atoms with van der Waals surface area (Å²) in [7, 11) is 2.13. The van der Waals surface area contributed by atoms with Crippen LogP contribution in [0.4, 0.5) is 0 Å². The largest absolute Gasteiger partial charge is 0.374 e. The number of benzene rings is 1. The summed E-state index contributed by atoms with van der Waals surface area (Å²) in [5.74, 6) is 0.850. The van der Waals surface area contributed by atoms with Crippen LogP contribution in [-0.4, -0.2) is 56.8 Å². The van der Waals surface area contributed by atoms with Crippen molar-refractivity contribution in [1.29, 1.82) is 0 Å². The Kier molecular flexibility index (Phi) is 6.68. The molecule has 0 aromatic heterocycles. The highest BCUT2D eigenvalue weighted by Crippen LogP contribution is 2.08. The van der Waals surface area contributed by atoms with E-state index >= 15 is 0 Å². The molecular weight excluding hydrogens is 276 g/mol. The molecule has 1 aromatic carbocycles. The first-order valence-corrected chi connectivity index (χ1v) is 8.06. The van der Waals surface area contributed by atoms with E-state index in [2.05, 4.69) is 65.7 Å². The standard InChI is InChI=1S/C17H28N4O/c1-4-18-17(19-11-15-8-6-5-7-14(15)2)20-12-16-13-21(3)9-10-22-16/h5-8,16H,4,9-13H2,1-3H3,(H2,18,19,20). The Labute approximate surface area is 133 Å². The molecule has 122 valence electrons. The van der Waals surface area contributed by atoms with Gasteiger partial charge in [0.15, 0.2) is 5.96 Å². The quantitative estimate of drug-likeness (QED) is 0.637. The van der Waals surface area contributed by atoms with Crippen LogP contribution >= 0.6 is 0 Å². The Hall–Kier alpha value is -1.59. The van der Waals surface area contributed by atoms with Gasteiger partial charge in [-0.1, -0.05) is 24.3 Å². The summed E-state index contributed by atoms with van der Waals surface area (Å²) in [5.41, 5.74) is 2.53. The third-order valence-electron chi connectivity index (χ3n) is 3.85. The van der Waals surface area contributed by atoms with Crippen LogP contribution in [0, 0.1) is 6.92 Å². The Morgan fingerprint density at radius 1 is 1.36 bits per heavy atom. The molecular formula is C17H28N4O. The molecule has 0 saturated carbocycles. The predicted octanol–water partition coefficient (Wildman–Crippen LogP) is 1.38. The molecule has 5 heteroatoms. The maximum atomic E-state index is 5.77. The maximum absolute atomic E-state index is 5.77. The van der Waals surface area contributed by atoms with Crippen LogP contribution < -0.4 is 10.6 Å². The van der Waals surface area contributed by atoms with Crippen LogP contribution in [0.25, 0.3) is 0 Å². The molecule has 2 rings (SSSR count). The number of morpholine rings is 1. The highest BCUT2D eigenvalue weighted by Gasteiger charge is 2.17. The van der Waals surface area contributed by atoms with Gasteiger partial charge in [0.1, 0.15) is 0 Å². The third kappa shape index (κ3) is 5.31. The van der Waals surface area contributed by atoms with E-state index < -0.39 is 0 Å². The Bertz CT molecular complexity index is 489. The number of likely N-dealkylation sites (N-methyl/N-ethyl adjacent to an activating group) is 1. The second kappa shape index (κ2) is 8.76. The van der Waals surface area contributed by atoms with Crippen LogP contribution in [0.2, 0.25) is 0 Å². The molecule has 1 atom stereocenters.